The molecule has 0 radical (unpaired) electrons. The van der Waals surface area contributed by atoms with E-state index in [-0.39, 0.29) is 11.3 Å². The van der Waals surface area contributed by atoms with Gasteiger partial charge in [0.2, 0.25) is 0 Å². The van der Waals surface area contributed by atoms with Crippen molar-refractivity contribution in [3.8, 4) is 28.4 Å². The highest BCUT2D eigenvalue weighted by atomic mass is 19.1. The zero-order valence-corrected chi connectivity index (χ0v) is 20.3. The number of aryl methyl sites for hydroxylation is 1. The molecule has 4 N–H and O–H groups in total. The van der Waals surface area contributed by atoms with E-state index in [0.717, 1.165) is 62.1 Å². The third-order valence-electron chi connectivity index (χ3n) is 7.53. The summed E-state index contributed by atoms with van der Waals surface area (Å²) in [5.74, 6) is 0.387. The van der Waals surface area contributed by atoms with Crippen molar-refractivity contribution in [2.24, 2.45) is 0 Å². The molecular formula is C28H30FN5O2. The second-order valence-electron chi connectivity index (χ2n) is 10.0. The van der Waals surface area contributed by atoms with Crippen LogP contribution in [-0.2, 0) is 6.42 Å². The lowest BCUT2D eigenvalue weighted by molar-refractivity contribution is 0.122. The van der Waals surface area contributed by atoms with Gasteiger partial charge in [-0.15, -0.1) is 0 Å². The predicted octanol–water partition coefficient (Wildman–Crippen LogP) is 5.03. The molecule has 1 aliphatic heterocycles. The topological polar surface area (TPSA) is 101 Å². The summed E-state index contributed by atoms with van der Waals surface area (Å²) >= 11 is 0. The molecule has 3 heterocycles. The number of aromatic hydroxyl groups is 1. The number of H-pyrrole nitrogens is 2. The zero-order valence-electron chi connectivity index (χ0n) is 20.3. The van der Waals surface area contributed by atoms with Gasteiger partial charge in [0, 0.05) is 30.6 Å². The third kappa shape index (κ3) is 4.20. The maximum Gasteiger partial charge on any atom is 0.159 e. The number of phenolic OH excluding ortho intramolecular Hbond substituents is 1. The third-order valence-corrected chi connectivity index (χ3v) is 7.53. The summed E-state index contributed by atoms with van der Waals surface area (Å²) in [4.78, 5) is 10.3. The first-order valence-electron chi connectivity index (χ1n) is 12.6. The van der Waals surface area contributed by atoms with E-state index in [4.69, 9.17) is 0 Å². The van der Waals surface area contributed by atoms with Crippen molar-refractivity contribution in [2.45, 2.75) is 44.6 Å². The van der Waals surface area contributed by atoms with Crippen molar-refractivity contribution < 1.29 is 14.6 Å². The number of hydrogen-bond acceptors (Lipinski definition) is 5. The predicted molar refractivity (Wildman–Crippen MR) is 138 cm³/mol. The van der Waals surface area contributed by atoms with E-state index >= 15 is 4.39 Å². The van der Waals surface area contributed by atoms with Gasteiger partial charge in [-0.25, -0.2) is 9.37 Å². The maximum absolute atomic E-state index is 15.6. The van der Waals surface area contributed by atoms with Crippen LogP contribution in [0.25, 0.3) is 39.1 Å². The Kier molecular flexibility index (Phi) is 5.65. The molecule has 0 unspecified atom stereocenters. The molecule has 6 rings (SSSR count). The minimum Gasteiger partial charge on any atom is -0.508 e. The van der Waals surface area contributed by atoms with E-state index in [1.165, 1.54) is 5.57 Å². The average molecular weight is 488 g/mol. The monoisotopic (exact) mass is 487 g/mol. The number of halogens is 1. The normalized spacial score (nSPS) is 17.5. The van der Waals surface area contributed by atoms with E-state index in [0.29, 0.717) is 28.9 Å². The van der Waals surface area contributed by atoms with Crippen LogP contribution >= 0.6 is 0 Å². The summed E-state index contributed by atoms with van der Waals surface area (Å²) in [6.45, 7) is 4.68. The van der Waals surface area contributed by atoms with Crippen molar-refractivity contribution >= 4 is 16.5 Å². The van der Waals surface area contributed by atoms with Crippen LogP contribution in [-0.4, -0.2) is 60.5 Å². The smallest absolute Gasteiger partial charge is 0.159 e. The van der Waals surface area contributed by atoms with Gasteiger partial charge in [-0.05, 0) is 67.0 Å². The van der Waals surface area contributed by atoms with Crippen molar-refractivity contribution in [3.63, 3.8) is 0 Å². The lowest BCUT2D eigenvalue weighted by Gasteiger charge is -2.27. The molecule has 0 bridgehead atoms. The Balaban J connectivity index is 1.26. The molecule has 7 nitrogen and oxygen atoms in total. The van der Waals surface area contributed by atoms with Gasteiger partial charge in [-0.2, -0.15) is 5.10 Å². The molecule has 0 spiro atoms. The molecule has 4 aromatic rings. The molecule has 2 aromatic carbocycles. The largest absolute Gasteiger partial charge is 0.508 e. The zero-order chi connectivity index (χ0) is 24.9. The Bertz CT molecular complexity index is 1470. The number of phenols is 1. The van der Waals surface area contributed by atoms with Gasteiger partial charge in [-0.1, -0.05) is 25.1 Å². The first-order valence-corrected chi connectivity index (χ1v) is 12.6. The molecule has 186 valence electrons. The standard InChI is InChI=1S/C28H30FN5O2/c1-2-17-14-19(35)5-6-20(17)21-7-8-22-25(24(21)29)32-33-26(22)27-30-15-23(31-27)18-4-3-12-34(16-18)13-11-28(36)9-10-28/h4-8,14-15,35-36H,2-3,9-13,16H2,1H3,(H,30,31)(H,32,33). The minimum atomic E-state index is -0.431. The summed E-state index contributed by atoms with van der Waals surface area (Å²) in [5.41, 5.74) is 4.68. The SMILES string of the molecule is CCc1cc(O)ccc1-c1ccc2c(-c3ncc(C4=CCCN(CCC5(O)CC5)C4)[nH]3)[nH]nc2c1F. The fourth-order valence-electron chi connectivity index (χ4n) is 5.14. The van der Waals surface area contributed by atoms with Crippen LogP contribution in [0.1, 0.15) is 43.9 Å². The molecule has 2 aliphatic rings. The number of aliphatic hydroxyl groups is 1. The number of nitrogens with zero attached hydrogens (tertiary/aromatic N) is 3. The lowest BCUT2D eigenvalue weighted by Crippen LogP contribution is -2.32. The van der Waals surface area contributed by atoms with Crippen LogP contribution in [0.4, 0.5) is 4.39 Å². The lowest BCUT2D eigenvalue weighted by atomic mass is 9.96. The first kappa shape index (κ1) is 22.9. The highest BCUT2D eigenvalue weighted by Gasteiger charge is 2.40. The quantitative estimate of drug-likeness (QED) is 0.293. The minimum absolute atomic E-state index is 0.171. The van der Waals surface area contributed by atoms with Gasteiger partial charge in [-0.3, -0.25) is 10.00 Å². The molecule has 1 fully saturated rings. The van der Waals surface area contributed by atoms with Crippen LogP contribution in [0.2, 0.25) is 0 Å². The Hall–Kier alpha value is -3.49. The van der Waals surface area contributed by atoms with Gasteiger partial charge >= 0.3 is 0 Å². The molecule has 1 saturated carbocycles. The highest BCUT2D eigenvalue weighted by molar-refractivity contribution is 5.95. The number of benzene rings is 2. The second kappa shape index (κ2) is 8.87. The number of rotatable bonds is 7. The van der Waals surface area contributed by atoms with E-state index in [2.05, 4.69) is 31.1 Å². The summed E-state index contributed by atoms with van der Waals surface area (Å²) in [6, 6.07) is 8.63. The number of aromatic nitrogens is 4. The summed E-state index contributed by atoms with van der Waals surface area (Å²) in [5, 5.41) is 27.9. The molecule has 0 saturated heterocycles. The van der Waals surface area contributed by atoms with Gasteiger partial charge in [0.1, 0.15) is 17.0 Å². The van der Waals surface area contributed by atoms with E-state index in [9.17, 15) is 10.2 Å². The maximum atomic E-state index is 15.6. The van der Waals surface area contributed by atoms with Gasteiger partial charge in [0.25, 0.3) is 0 Å². The number of aromatic amines is 2. The van der Waals surface area contributed by atoms with Crippen molar-refractivity contribution in [2.75, 3.05) is 19.6 Å². The summed E-state index contributed by atoms with van der Waals surface area (Å²) in [7, 11) is 0. The van der Waals surface area contributed by atoms with Gasteiger partial charge in [0.05, 0.1) is 17.5 Å². The average Bonchev–Trinajstić information content (AvgIpc) is 3.26. The molecular weight excluding hydrogens is 457 g/mol. The molecule has 0 amide bonds. The van der Waals surface area contributed by atoms with Crippen LogP contribution in [0, 0.1) is 5.82 Å². The van der Waals surface area contributed by atoms with Gasteiger partial charge < -0.3 is 15.2 Å². The molecule has 0 atom stereocenters. The van der Waals surface area contributed by atoms with E-state index in [1.807, 2.05) is 19.2 Å². The first-order chi connectivity index (χ1) is 17.4. The van der Waals surface area contributed by atoms with Crippen molar-refractivity contribution in [1.82, 2.24) is 25.1 Å². The molecule has 2 aromatic heterocycles. The molecule has 36 heavy (non-hydrogen) atoms. The number of imidazole rings is 1. The Labute approximate surface area is 208 Å². The number of fused-ring (bicyclic) bond motifs is 1. The van der Waals surface area contributed by atoms with E-state index < -0.39 is 11.4 Å². The Morgan fingerprint density at radius 1 is 1.17 bits per heavy atom. The molecule has 8 heteroatoms. The Morgan fingerprint density at radius 3 is 2.81 bits per heavy atom. The summed E-state index contributed by atoms with van der Waals surface area (Å²) < 4.78 is 15.6. The Morgan fingerprint density at radius 2 is 2.00 bits per heavy atom. The number of nitrogens with one attached hydrogen (secondary N) is 2. The second-order valence-corrected chi connectivity index (χ2v) is 10.0. The van der Waals surface area contributed by atoms with E-state index in [1.54, 1.807) is 24.3 Å². The van der Waals surface area contributed by atoms with Crippen LogP contribution in [0.5, 0.6) is 5.75 Å². The van der Waals surface area contributed by atoms with Crippen molar-refractivity contribution in [3.05, 3.63) is 59.7 Å². The summed E-state index contributed by atoms with van der Waals surface area (Å²) in [6.07, 6.45) is 8.35. The van der Waals surface area contributed by atoms with Crippen LogP contribution in [0.3, 0.4) is 0 Å². The number of hydrogen-bond donors (Lipinski definition) is 4. The van der Waals surface area contributed by atoms with Gasteiger partial charge in [0.15, 0.2) is 11.6 Å². The van der Waals surface area contributed by atoms with Crippen molar-refractivity contribution in [1.29, 1.82) is 0 Å². The van der Waals surface area contributed by atoms with Crippen LogP contribution in [0.15, 0.2) is 42.6 Å². The fraction of sp³-hybridized carbons (Fsp3) is 0.357. The highest BCUT2D eigenvalue weighted by Crippen LogP contribution is 2.39. The molecule has 1 aliphatic carbocycles. The fourth-order valence-corrected chi connectivity index (χ4v) is 5.14. The van der Waals surface area contributed by atoms with Crippen LogP contribution < -0.4 is 0 Å².